The molecule has 4 bridgehead atoms. The molecule has 16 heteroatoms. The first-order chi connectivity index (χ1) is 33.0. The van der Waals surface area contributed by atoms with Crippen molar-refractivity contribution in [1.29, 1.82) is 0 Å². The molecule has 3 aliphatic heterocycles. The third-order valence-electron chi connectivity index (χ3n) is 16.1. The fraction of sp³-hybridized carbons (Fsp3) is 0.736. The number of hydrogen-bond donors (Lipinski definition) is 1. The summed E-state index contributed by atoms with van der Waals surface area (Å²) in [6.45, 7) is 11.7. The van der Waals surface area contributed by atoms with E-state index in [0.717, 1.165) is 24.8 Å². The number of Topliss-reactive ketones (excluding diaryl/α,β-unsaturated/α-hetero) is 3. The van der Waals surface area contributed by atoms with Crippen LogP contribution in [-0.4, -0.2) is 136 Å². The van der Waals surface area contributed by atoms with Crippen LogP contribution in [-0.2, 0) is 47.7 Å². The maximum atomic E-state index is 14.6. The van der Waals surface area contributed by atoms with Crippen LogP contribution in [0.25, 0.3) is 0 Å². The molecular formula is C53H79N5O11. The second-order valence-corrected chi connectivity index (χ2v) is 20.9. The van der Waals surface area contributed by atoms with Crippen molar-refractivity contribution in [2.45, 2.75) is 186 Å². The molecule has 16 nitrogen and oxygen atoms in total. The highest BCUT2D eigenvalue weighted by atomic mass is 16.6. The molecule has 2 aliphatic carbocycles. The number of carbonyl (C=O) groups is 5. The van der Waals surface area contributed by atoms with E-state index in [1.54, 1.807) is 25.9 Å². The Balaban J connectivity index is 1.29. The number of fused-ring (bicyclic) bond motifs is 6. The van der Waals surface area contributed by atoms with E-state index in [2.05, 4.69) is 15.4 Å². The minimum Gasteiger partial charge on any atom is -0.460 e. The van der Waals surface area contributed by atoms with Crippen LogP contribution in [0.15, 0.2) is 53.9 Å². The van der Waals surface area contributed by atoms with Gasteiger partial charge in [-0.05, 0) is 143 Å². The van der Waals surface area contributed by atoms with E-state index >= 15 is 0 Å². The Morgan fingerprint density at radius 1 is 0.884 bits per heavy atom. The van der Waals surface area contributed by atoms with Crippen molar-refractivity contribution in [2.75, 3.05) is 27.9 Å². The van der Waals surface area contributed by atoms with Gasteiger partial charge in [0, 0.05) is 40.2 Å². The fourth-order valence-electron chi connectivity index (χ4n) is 11.6. The smallest absolute Gasteiger partial charge is 0.329 e. The molecule has 1 N–H and O–H groups in total. The first kappa shape index (κ1) is 54.1. The number of cyclic esters (lactones) is 1. The molecule has 2 saturated heterocycles. The number of ketones is 3. The van der Waals surface area contributed by atoms with Gasteiger partial charge in [-0.3, -0.25) is 19.2 Å². The van der Waals surface area contributed by atoms with Gasteiger partial charge >= 0.3 is 5.97 Å². The number of esters is 1. The predicted molar refractivity (Wildman–Crippen MR) is 257 cm³/mol. The Kier molecular flexibility index (Phi) is 19.4. The second-order valence-electron chi connectivity index (χ2n) is 20.9. The SMILES string of the molecule is COC1CC(C[C@@H](C)[C@@H]2CC(=O)[C@H](C)/C=C(\C)[C@H]3OC(C[C@H](C)/C=C/C=C/C=C(\C)[C@@H](OC)CC4CCC(C)C(O)(CC4)C(=O)C(=O)N4CCCCC4C(=O)O2)C(=O)C3OC)CCC1n1ncnn1. The molecule has 4 fully saturated rings. The topological polar surface area (TPSA) is 199 Å². The Bertz CT molecular complexity index is 2050. The van der Waals surface area contributed by atoms with Crippen LogP contribution in [0.5, 0.6) is 0 Å². The summed E-state index contributed by atoms with van der Waals surface area (Å²) >= 11 is 0. The number of amides is 1. The summed E-state index contributed by atoms with van der Waals surface area (Å²) in [5, 5.41) is 24.5. The molecule has 5 aliphatic rings. The lowest BCUT2D eigenvalue weighted by molar-refractivity contribution is -0.169. The minimum atomic E-state index is -1.89. The summed E-state index contributed by atoms with van der Waals surface area (Å²) < 4.78 is 30.4. The molecule has 1 amide bonds. The molecule has 0 aromatic carbocycles. The molecular weight excluding hydrogens is 883 g/mol. The zero-order valence-corrected chi connectivity index (χ0v) is 42.5. The van der Waals surface area contributed by atoms with Crippen LogP contribution < -0.4 is 0 Å². The number of tetrazole rings is 1. The van der Waals surface area contributed by atoms with Crippen molar-refractivity contribution in [3.63, 3.8) is 0 Å². The van der Waals surface area contributed by atoms with Gasteiger partial charge < -0.3 is 33.7 Å². The number of piperidine rings is 1. The molecule has 9 unspecified atom stereocenters. The lowest BCUT2D eigenvalue weighted by Gasteiger charge is -2.39. The summed E-state index contributed by atoms with van der Waals surface area (Å²) in [6, 6.07) is -1.14. The molecule has 1 aromatic heterocycles. The predicted octanol–water partition coefficient (Wildman–Crippen LogP) is 6.87. The zero-order chi connectivity index (χ0) is 50.0. The van der Waals surface area contributed by atoms with Crippen LogP contribution in [0.3, 0.4) is 0 Å². The Hall–Kier alpha value is -4.22. The van der Waals surface area contributed by atoms with Gasteiger partial charge in [-0.1, -0.05) is 64.2 Å². The highest BCUT2D eigenvalue weighted by Crippen LogP contribution is 2.41. The average molecular weight is 962 g/mol. The van der Waals surface area contributed by atoms with Crippen molar-refractivity contribution in [2.24, 2.45) is 35.5 Å². The van der Waals surface area contributed by atoms with Gasteiger partial charge in [0.15, 0.2) is 12.1 Å². The summed E-state index contributed by atoms with van der Waals surface area (Å²) in [6.07, 6.45) is 17.1. The first-order valence-electron chi connectivity index (χ1n) is 25.5. The van der Waals surface area contributed by atoms with Crippen LogP contribution in [0.1, 0.15) is 137 Å². The van der Waals surface area contributed by atoms with Gasteiger partial charge in [0.05, 0.1) is 18.2 Å². The average Bonchev–Trinajstić information content (AvgIpc) is 3.96. The van der Waals surface area contributed by atoms with E-state index in [9.17, 15) is 29.1 Å². The van der Waals surface area contributed by atoms with Crippen molar-refractivity contribution in [3.05, 3.63) is 53.9 Å². The Morgan fingerprint density at radius 3 is 2.38 bits per heavy atom. The normalized spacial score (nSPS) is 39.4. The number of allylic oxidation sites excluding steroid dienone is 6. The standard InChI is InChI=1S/C53H79N5O11/c1-32-15-11-10-12-16-33(2)43(65-7)28-38-19-18-37(6)53(64,23-22-38)50(61)51(62)57-24-14-13-17-41(57)52(63)69-44(35(4)27-39-20-21-40(45(29-39)66-8)58-55-31-54-56-58)30-42(59)34(3)26-36(5)48-49(67-9)47(60)46(25-32)68-48/h10-12,15-16,26,31-32,34-35,37-41,43-46,48-49,64H,13-14,17-25,27-30H2,1-9H3/b12-10+,15-11+,33-16+,36-26+/t32-,34-,35-,37?,38?,39?,40?,41?,43+,44+,45?,46?,48-,49?,53?/m1/s1. The van der Waals surface area contributed by atoms with Crippen LogP contribution in [0, 0.1) is 35.5 Å². The number of aromatic nitrogens is 4. The Morgan fingerprint density at radius 2 is 1.67 bits per heavy atom. The lowest BCUT2D eigenvalue weighted by Crippen LogP contribution is -2.57. The number of methoxy groups -OCH3 is 3. The van der Waals surface area contributed by atoms with E-state index in [1.165, 1.54) is 18.3 Å². The van der Waals surface area contributed by atoms with Gasteiger partial charge in [0.1, 0.15) is 41.8 Å². The monoisotopic (exact) mass is 962 g/mol. The number of carbonyl (C=O) groups excluding carboxylic acids is 5. The number of aliphatic hydroxyl groups is 1. The van der Waals surface area contributed by atoms with E-state index < -0.39 is 65.6 Å². The first-order valence-corrected chi connectivity index (χ1v) is 25.5. The largest absolute Gasteiger partial charge is 0.460 e. The van der Waals surface area contributed by atoms with Crippen molar-refractivity contribution >= 4 is 29.2 Å². The molecule has 0 radical (unpaired) electrons. The van der Waals surface area contributed by atoms with E-state index in [4.69, 9.17) is 23.7 Å². The number of nitrogens with zero attached hydrogens (tertiary/aromatic N) is 5. The number of ether oxygens (including phenoxy) is 5. The lowest BCUT2D eigenvalue weighted by atomic mass is 9.77. The van der Waals surface area contributed by atoms with Crippen LogP contribution in [0.2, 0.25) is 0 Å². The molecule has 15 atom stereocenters. The van der Waals surface area contributed by atoms with Crippen molar-refractivity contribution < 1.29 is 52.8 Å². The molecule has 4 heterocycles. The molecule has 2 saturated carbocycles. The third-order valence-corrected chi connectivity index (χ3v) is 16.1. The summed E-state index contributed by atoms with van der Waals surface area (Å²) in [5.41, 5.74) is -0.172. The molecule has 1 aromatic rings. The van der Waals surface area contributed by atoms with Crippen LogP contribution >= 0.6 is 0 Å². The maximum absolute atomic E-state index is 14.6. The molecule has 69 heavy (non-hydrogen) atoms. The van der Waals surface area contributed by atoms with Gasteiger partial charge in [0.2, 0.25) is 0 Å². The van der Waals surface area contributed by atoms with Gasteiger partial charge in [-0.15, -0.1) is 10.2 Å². The second kappa shape index (κ2) is 24.8. The van der Waals surface area contributed by atoms with Crippen molar-refractivity contribution in [3.8, 4) is 0 Å². The van der Waals surface area contributed by atoms with Crippen LogP contribution in [0.4, 0.5) is 0 Å². The van der Waals surface area contributed by atoms with Gasteiger partial charge in [-0.25, -0.2) is 4.79 Å². The number of rotatable bonds is 7. The molecule has 382 valence electrons. The highest BCUT2D eigenvalue weighted by Gasteiger charge is 2.50. The molecule has 6 rings (SSSR count). The van der Waals surface area contributed by atoms with Crippen molar-refractivity contribution in [1.82, 2.24) is 25.1 Å². The maximum Gasteiger partial charge on any atom is 0.329 e. The number of hydrogen-bond acceptors (Lipinski definition) is 14. The van der Waals surface area contributed by atoms with Gasteiger partial charge in [-0.2, -0.15) is 4.80 Å². The van der Waals surface area contributed by atoms with E-state index in [0.29, 0.717) is 56.9 Å². The summed E-state index contributed by atoms with van der Waals surface area (Å²) in [4.78, 5) is 74.2. The fourth-order valence-corrected chi connectivity index (χ4v) is 11.6. The highest BCUT2D eigenvalue weighted by molar-refractivity contribution is 6.39. The zero-order valence-electron chi connectivity index (χ0n) is 42.5. The molecule has 0 spiro atoms. The minimum absolute atomic E-state index is 0.0133. The quantitative estimate of drug-likeness (QED) is 0.169. The van der Waals surface area contributed by atoms with Gasteiger partial charge in [0.25, 0.3) is 11.7 Å². The Labute approximate surface area is 409 Å². The summed E-state index contributed by atoms with van der Waals surface area (Å²) in [7, 11) is 4.85. The third kappa shape index (κ3) is 13.2. The van der Waals surface area contributed by atoms with E-state index in [-0.39, 0.29) is 79.3 Å². The summed E-state index contributed by atoms with van der Waals surface area (Å²) in [5.74, 6) is -3.81. The van der Waals surface area contributed by atoms with E-state index in [1.807, 2.05) is 71.1 Å².